The molecule has 0 spiro atoms. The zero-order chi connectivity index (χ0) is 27.4. The summed E-state index contributed by atoms with van der Waals surface area (Å²) in [6.07, 6.45) is 1.50. The van der Waals surface area contributed by atoms with Gasteiger partial charge >= 0.3 is 0 Å². The van der Waals surface area contributed by atoms with Crippen LogP contribution < -0.4 is 10.2 Å². The van der Waals surface area contributed by atoms with Crippen LogP contribution >= 0.6 is 0 Å². The highest BCUT2D eigenvalue weighted by Gasteiger charge is 2.25. The molecule has 1 fully saturated rings. The van der Waals surface area contributed by atoms with Crippen molar-refractivity contribution in [3.05, 3.63) is 58.7 Å². The molecule has 2 amide bonds. The van der Waals surface area contributed by atoms with Crippen LogP contribution in [0.4, 0.5) is 0 Å². The van der Waals surface area contributed by atoms with Gasteiger partial charge in [-0.15, -0.1) is 0 Å². The number of hydrogen-bond donors (Lipinski definition) is 2. The number of aromatic hydroxyl groups is 1. The van der Waals surface area contributed by atoms with Crippen LogP contribution in [0, 0.1) is 0 Å². The molecule has 1 aliphatic heterocycles. The van der Waals surface area contributed by atoms with Crippen molar-refractivity contribution in [2.45, 2.75) is 52.4 Å². The highest BCUT2D eigenvalue weighted by Crippen LogP contribution is 2.37. The van der Waals surface area contributed by atoms with Gasteiger partial charge in [-0.1, -0.05) is 47.6 Å². The van der Waals surface area contributed by atoms with Gasteiger partial charge in [0.25, 0.3) is 11.8 Å². The maximum atomic E-state index is 12.8. The molecule has 0 saturated carbocycles. The molecule has 0 unspecified atom stereocenters. The lowest BCUT2D eigenvalue weighted by atomic mass is 9.79. The van der Waals surface area contributed by atoms with Crippen LogP contribution in [0.15, 0.2) is 41.5 Å². The van der Waals surface area contributed by atoms with Gasteiger partial charge in [0.05, 0.1) is 19.9 Å². The second kappa shape index (κ2) is 11.3. The van der Waals surface area contributed by atoms with Crippen molar-refractivity contribution >= 4 is 18.0 Å². The summed E-state index contributed by atoms with van der Waals surface area (Å²) in [5.74, 6) is 0.620. The van der Waals surface area contributed by atoms with Crippen molar-refractivity contribution in [2.75, 3.05) is 39.8 Å². The average Bonchev–Trinajstić information content (AvgIpc) is 2.83. The Labute approximate surface area is 220 Å². The van der Waals surface area contributed by atoms with E-state index in [-0.39, 0.29) is 34.9 Å². The lowest BCUT2D eigenvalue weighted by Crippen LogP contribution is -2.50. The van der Waals surface area contributed by atoms with E-state index >= 15 is 0 Å². The Morgan fingerprint density at radius 3 is 2.16 bits per heavy atom. The molecule has 8 nitrogen and oxygen atoms in total. The number of benzene rings is 2. The number of piperazine rings is 1. The van der Waals surface area contributed by atoms with E-state index in [4.69, 9.17) is 4.74 Å². The average molecular weight is 509 g/mol. The van der Waals surface area contributed by atoms with E-state index in [1.54, 1.807) is 36.3 Å². The zero-order valence-corrected chi connectivity index (χ0v) is 23.1. The first-order valence-corrected chi connectivity index (χ1v) is 12.6. The Hall–Kier alpha value is -3.39. The van der Waals surface area contributed by atoms with Gasteiger partial charge in [0.2, 0.25) is 0 Å². The molecule has 2 N–H and O–H groups in total. The third-order valence-electron chi connectivity index (χ3n) is 6.57. The molecule has 0 radical (unpaired) electrons. The molecule has 0 aliphatic carbocycles. The number of phenolic OH excluding ortho intramolecular Hbond substituents is 1. The maximum absolute atomic E-state index is 12.8. The van der Waals surface area contributed by atoms with Gasteiger partial charge in [0, 0.05) is 42.9 Å². The van der Waals surface area contributed by atoms with E-state index in [1.807, 2.05) is 17.0 Å². The maximum Gasteiger partial charge on any atom is 0.254 e. The number of hydrogen-bond acceptors (Lipinski definition) is 6. The first kappa shape index (κ1) is 28.2. The lowest BCUT2D eigenvalue weighted by molar-refractivity contribution is -0.122. The summed E-state index contributed by atoms with van der Waals surface area (Å²) in [6, 6.07) is 11.0. The third kappa shape index (κ3) is 7.32. The number of ether oxygens (including phenoxy) is 1. The molecular weight excluding hydrogens is 468 g/mol. The van der Waals surface area contributed by atoms with Gasteiger partial charge in [-0.2, -0.15) is 5.10 Å². The number of nitrogens with zero attached hydrogens (tertiary/aromatic N) is 3. The Balaban J connectivity index is 1.56. The summed E-state index contributed by atoms with van der Waals surface area (Å²) < 4.78 is 5.15. The second-order valence-corrected chi connectivity index (χ2v) is 11.6. The molecule has 200 valence electrons. The van der Waals surface area contributed by atoms with E-state index < -0.39 is 0 Å². The first-order valence-electron chi connectivity index (χ1n) is 12.6. The number of carbonyl (C=O) groups excluding carboxylic acids is 2. The fourth-order valence-corrected chi connectivity index (χ4v) is 4.20. The molecule has 37 heavy (non-hydrogen) atoms. The lowest BCUT2D eigenvalue weighted by Gasteiger charge is -2.34. The minimum Gasteiger partial charge on any atom is -0.507 e. The number of carbonyl (C=O) groups is 2. The number of nitrogens with one attached hydrogen (secondary N) is 1. The summed E-state index contributed by atoms with van der Waals surface area (Å²) in [4.78, 5) is 29.1. The topological polar surface area (TPSA) is 94.5 Å². The Morgan fingerprint density at radius 1 is 1.00 bits per heavy atom. The van der Waals surface area contributed by atoms with Crippen LogP contribution in [0.25, 0.3) is 0 Å². The smallest absolute Gasteiger partial charge is 0.254 e. The monoisotopic (exact) mass is 508 g/mol. The fourth-order valence-electron chi connectivity index (χ4n) is 4.20. The Kier molecular flexibility index (Phi) is 8.64. The predicted molar refractivity (Wildman–Crippen MR) is 147 cm³/mol. The summed E-state index contributed by atoms with van der Waals surface area (Å²) in [6.45, 7) is 15.0. The van der Waals surface area contributed by atoms with Gasteiger partial charge in [-0.25, -0.2) is 5.43 Å². The molecule has 0 bridgehead atoms. The van der Waals surface area contributed by atoms with Gasteiger partial charge in [-0.3, -0.25) is 14.5 Å². The largest absolute Gasteiger partial charge is 0.507 e. The van der Waals surface area contributed by atoms with E-state index in [0.717, 1.165) is 11.1 Å². The molecule has 1 aliphatic rings. The Morgan fingerprint density at radius 2 is 1.62 bits per heavy atom. The predicted octanol–water partition coefficient (Wildman–Crippen LogP) is 3.90. The third-order valence-corrected chi connectivity index (χ3v) is 6.57. The zero-order valence-electron chi connectivity index (χ0n) is 23.1. The summed E-state index contributed by atoms with van der Waals surface area (Å²) in [5, 5.41) is 15.0. The molecule has 1 saturated heterocycles. The number of hydrazone groups is 1. The van der Waals surface area contributed by atoms with E-state index in [0.29, 0.717) is 43.1 Å². The molecule has 2 aromatic rings. The van der Waals surface area contributed by atoms with Gasteiger partial charge in [0.15, 0.2) is 0 Å². The highest BCUT2D eigenvalue weighted by molar-refractivity contribution is 5.94. The number of rotatable bonds is 6. The number of methoxy groups -OCH3 is 1. The van der Waals surface area contributed by atoms with Crippen LogP contribution in [0.1, 0.15) is 68.6 Å². The normalized spacial score (nSPS) is 15.2. The van der Waals surface area contributed by atoms with Gasteiger partial charge < -0.3 is 14.7 Å². The van der Waals surface area contributed by atoms with Crippen LogP contribution in [0.2, 0.25) is 0 Å². The van der Waals surface area contributed by atoms with Crippen LogP contribution in [0.3, 0.4) is 0 Å². The molecule has 2 aromatic carbocycles. The minimum absolute atomic E-state index is 0.0247. The van der Waals surface area contributed by atoms with E-state index in [1.165, 1.54) is 6.21 Å². The van der Waals surface area contributed by atoms with Crippen molar-refractivity contribution in [1.29, 1.82) is 0 Å². The van der Waals surface area contributed by atoms with E-state index in [2.05, 4.69) is 52.1 Å². The number of phenols is 1. The van der Waals surface area contributed by atoms with Gasteiger partial charge in [0.1, 0.15) is 11.5 Å². The number of amides is 2. The highest BCUT2D eigenvalue weighted by atomic mass is 16.5. The standard InChI is InChI=1S/C29H40N4O4/c1-28(2,3)22-16-21(26(35)24(17-22)29(4,5)6)18-30-31-25(34)19-32-12-14-33(15-13-32)27(36)20-8-10-23(37-7)11-9-20/h8-11,16-18,35H,12-15,19H2,1-7H3,(H,31,34)/b30-18+. The summed E-state index contributed by atoms with van der Waals surface area (Å²) in [7, 11) is 1.59. The van der Waals surface area contributed by atoms with Crippen LogP contribution in [0.5, 0.6) is 11.5 Å². The Bertz CT molecular complexity index is 1140. The SMILES string of the molecule is COc1ccc(C(=O)N2CCN(CC(=O)N/N=C/c3cc(C(C)(C)C)cc(C(C)(C)C)c3O)CC2)cc1. The summed E-state index contributed by atoms with van der Waals surface area (Å²) in [5.41, 5.74) is 5.36. The molecule has 3 rings (SSSR count). The summed E-state index contributed by atoms with van der Waals surface area (Å²) >= 11 is 0. The van der Waals surface area contributed by atoms with Gasteiger partial charge in [-0.05, 0) is 46.7 Å². The van der Waals surface area contributed by atoms with Crippen LogP contribution in [-0.4, -0.2) is 72.8 Å². The molecule has 0 aromatic heterocycles. The van der Waals surface area contributed by atoms with Crippen molar-refractivity contribution in [3.8, 4) is 11.5 Å². The minimum atomic E-state index is -0.242. The fraction of sp³-hybridized carbons (Fsp3) is 0.483. The first-order chi connectivity index (χ1) is 17.3. The quantitative estimate of drug-likeness (QED) is 0.456. The van der Waals surface area contributed by atoms with Crippen LogP contribution in [-0.2, 0) is 15.6 Å². The second-order valence-electron chi connectivity index (χ2n) is 11.6. The van der Waals surface area contributed by atoms with E-state index in [9.17, 15) is 14.7 Å². The van der Waals surface area contributed by atoms with Crippen molar-refractivity contribution < 1.29 is 19.4 Å². The van der Waals surface area contributed by atoms with Crippen molar-refractivity contribution in [1.82, 2.24) is 15.2 Å². The molecular formula is C29H40N4O4. The van der Waals surface area contributed by atoms with Crippen molar-refractivity contribution in [3.63, 3.8) is 0 Å². The molecule has 1 heterocycles. The van der Waals surface area contributed by atoms with Crippen molar-refractivity contribution in [2.24, 2.45) is 5.10 Å². The molecule has 8 heteroatoms. The molecule has 0 atom stereocenters.